The van der Waals surface area contributed by atoms with Crippen LogP contribution in [0.25, 0.3) is 0 Å². The molecule has 2 aliphatic heterocycles. The molecule has 0 bridgehead atoms. The average molecular weight is 235 g/mol. The number of ether oxygens (including phenoxy) is 3. The Balaban J connectivity index is 2.00. The Hall–Kier alpha value is -1.26. The first-order valence-corrected chi connectivity index (χ1v) is 6.00. The second-order valence-electron chi connectivity index (χ2n) is 4.50. The Morgan fingerprint density at radius 3 is 3.12 bits per heavy atom. The lowest BCUT2D eigenvalue weighted by atomic mass is 9.95. The first kappa shape index (κ1) is 10.9. The normalized spacial score (nSPS) is 23.0. The van der Waals surface area contributed by atoms with Crippen LogP contribution in [0.3, 0.4) is 0 Å². The number of fused-ring (bicyclic) bond motifs is 1. The van der Waals surface area contributed by atoms with E-state index < -0.39 is 0 Å². The van der Waals surface area contributed by atoms with Gasteiger partial charge in [-0.25, -0.2) is 0 Å². The Bertz CT molecular complexity index is 413. The second-order valence-corrected chi connectivity index (χ2v) is 4.50. The molecule has 17 heavy (non-hydrogen) atoms. The van der Waals surface area contributed by atoms with Gasteiger partial charge in [-0.2, -0.15) is 0 Å². The molecule has 0 aliphatic carbocycles. The molecule has 4 heteroatoms. The summed E-state index contributed by atoms with van der Waals surface area (Å²) in [5.41, 5.74) is 2.32. The number of rotatable bonds is 2. The monoisotopic (exact) mass is 235 g/mol. The van der Waals surface area contributed by atoms with Crippen LogP contribution in [0.2, 0.25) is 0 Å². The van der Waals surface area contributed by atoms with Crippen LogP contribution >= 0.6 is 0 Å². The van der Waals surface area contributed by atoms with Gasteiger partial charge < -0.3 is 19.5 Å². The van der Waals surface area contributed by atoms with E-state index in [0.29, 0.717) is 19.3 Å². The van der Waals surface area contributed by atoms with Crippen molar-refractivity contribution in [2.45, 2.75) is 18.9 Å². The minimum Gasteiger partial charge on any atom is -0.496 e. The van der Waals surface area contributed by atoms with Crippen molar-refractivity contribution in [1.82, 2.24) is 5.32 Å². The highest BCUT2D eigenvalue weighted by Gasteiger charge is 2.23. The predicted molar refractivity (Wildman–Crippen MR) is 63.5 cm³/mol. The molecule has 4 nitrogen and oxygen atoms in total. The van der Waals surface area contributed by atoms with Crippen LogP contribution in [0, 0.1) is 0 Å². The van der Waals surface area contributed by atoms with Crippen molar-refractivity contribution in [3.05, 3.63) is 23.3 Å². The molecule has 2 aliphatic rings. The van der Waals surface area contributed by atoms with Gasteiger partial charge in [-0.05, 0) is 25.1 Å². The minimum absolute atomic E-state index is 0.349. The van der Waals surface area contributed by atoms with Crippen molar-refractivity contribution in [3.8, 4) is 11.5 Å². The fourth-order valence-corrected chi connectivity index (χ4v) is 2.54. The van der Waals surface area contributed by atoms with E-state index in [2.05, 4.69) is 11.4 Å². The van der Waals surface area contributed by atoms with E-state index >= 15 is 0 Å². The van der Waals surface area contributed by atoms with Gasteiger partial charge in [0.1, 0.15) is 11.5 Å². The summed E-state index contributed by atoms with van der Waals surface area (Å²) in [6.07, 6.45) is 1.16. The van der Waals surface area contributed by atoms with E-state index in [1.165, 1.54) is 5.56 Å². The molecule has 1 atom stereocenters. The summed E-state index contributed by atoms with van der Waals surface area (Å²) < 4.78 is 16.3. The molecule has 0 saturated carbocycles. The standard InChI is InChI=1S/C13H17NO3/c1-15-13-4-10-7-16-8-17-12(10)5-11(13)9-2-3-14-6-9/h4-5,9,14H,2-3,6-8H2,1H3. The highest BCUT2D eigenvalue weighted by Crippen LogP contribution is 2.37. The molecule has 1 saturated heterocycles. The van der Waals surface area contributed by atoms with Crippen LogP contribution in [0.5, 0.6) is 11.5 Å². The summed E-state index contributed by atoms with van der Waals surface area (Å²) in [5.74, 6) is 2.42. The summed E-state index contributed by atoms with van der Waals surface area (Å²) >= 11 is 0. The van der Waals surface area contributed by atoms with Crippen LogP contribution in [0.15, 0.2) is 12.1 Å². The first-order chi connectivity index (χ1) is 8.38. The SMILES string of the molecule is COc1cc2c(cc1C1CCNC1)OCOC2. The number of methoxy groups -OCH3 is 1. The third-order valence-corrected chi connectivity index (χ3v) is 3.47. The largest absolute Gasteiger partial charge is 0.496 e. The van der Waals surface area contributed by atoms with E-state index in [1.54, 1.807) is 7.11 Å². The van der Waals surface area contributed by atoms with Crippen LogP contribution in [0.1, 0.15) is 23.5 Å². The van der Waals surface area contributed by atoms with Crippen molar-refractivity contribution < 1.29 is 14.2 Å². The summed E-state index contributed by atoms with van der Waals surface area (Å²) in [6.45, 7) is 3.05. The smallest absolute Gasteiger partial charge is 0.189 e. The molecule has 0 aromatic heterocycles. The van der Waals surface area contributed by atoms with E-state index in [9.17, 15) is 0 Å². The molecular weight excluding hydrogens is 218 g/mol. The summed E-state index contributed by atoms with van der Waals surface area (Å²) in [4.78, 5) is 0. The quantitative estimate of drug-likeness (QED) is 0.846. The summed E-state index contributed by atoms with van der Waals surface area (Å²) in [5, 5.41) is 3.38. The van der Waals surface area contributed by atoms with Crippen LogP contribution in [0.4, 0.5) is 0 Å². The van der Waals surface area contributed by atoms with Gasteiger partial charge in [-0.3, -0.25) is 0 Å². The van der Waals surface area contributed by atoms with Gasteiger partial charge in [0.05, 0.1) is 13.7 Å². The Labute approximate surface area is 101 Å². The number of hydrogen-bond acceptors (Lipinski definition) is 4. The second kappa shape index (κ2) is 4.55. The topological polar surface area (TPSA) is 39.7 Å². The zero-order chi connectivity index (χ0) is 11.7. The maximum atomic E-state index is 5.52. The molecule has 1 N–H and O–H groups in total. The van der Waals surface area contributed by atoms with Crippen LogP contribution in [-0.2, 0) is 11.3 Å². The number of benzene rings is 1. The number of hydrogen-bond donors (Lipinski definition) is 1. The molecule has 1 unspecified atom stereocenters. The van der Waals surface area contributed by atoms with Crippen LogP contribution in [-0.4, -0.2) is 27.0 Å². The average Bonchev–Trinajstić information content (AvgIpc) is 2.91. The van der Waals surface area contributed by atoms with Gasteiger partial charge in [0.2, 0.25) is 0 Å². The fraction of sp³-hybridized carbons (Fsp3) is 0.538. The zero-order valence-corrected chi connectivity index (χ0v) is 9.99. The lowest BCUT2D eigenvalue weighted by molar-refractivity contribution is -0.0165. The van der Waals surface area contributed by atoms with E-state index in [0.717, 1.165) is 36.6 Å². The predicted octanol–water partition coefficient (Wildman–Crippen LogP) is 1.64. The summed E-state index contributed by atoms with van der Waals surface area (Å²) in [6, 6.07) is 4.16. The molecule has 0 amide bonds. The van der Waals surface area contributed by atoms with Gasteiger partial charge in [-0.15, -0.1) is 0 Å². The van der Waals surface area contributed by atoms with Crippen molar-refractivity contribution in [1.29, 1.82) is 0 Å². The van der Waals surface area contributed by atoms with Gasteiger partial charge in [-0.1, -0.05) is 0 Å². The van der Waals surface area contributed by atoms with Crippen molar-refractivity contribution >= 4 is 0 Å². The van der Waals surface area contributed by atoms with Gasteiger partial charge in [0.25, 0.3) is 0 Å². The van der Waals surface area contributed by atoms with E-state index in [4.69, 9.17) is 14.2 Å². The molecule has 1 aromatic rings. The van der Waals surface area contributed by atoms with Crippen molar-refractivity contribution in [2.75, 3.05) is 27.0 Å². The zero-order valence-electron chi connectivity index (χ0n) is 9.99. The number of nitrogens with one attached hydrogen (secondary N) is 1. The van der Waals surface area contributed by atoms with Gasteiger partial charge >= 0.3 is 0 Å². The molecule has 92 valence electrons. The third kappa shape index (κ3) is 1.98. The maximum absolute atomic E-state index is 5.52. The molecule has 0 radical (unpaired) electrons. The van der Waals surface area contributed by atoms with E-state index in [1.807, 2.05) is 6.07 Å². The Kier molecular flexibility index (Phi) is 2.91. The van der Waals surface area contributed by atoms with Crippen LogP contribution < -0.4 is 14.8 Å². The third-order valence-electron chi connectivity index (χ3n) is 3.47. The highest BCUT2D eigenvalue weighted by molar-refractivity contribution is 5.48. The molecule has 1 aromatic carbocycles. The van der Waals surface area contributed by atoms with Gasteiger partial charge in [0, 0.05) is 23.6 Å². The lowest BCUT2D eigenvalue weighted by Crippen LogP contribution is -2.13. The Morgan fingerprint density at radius 1 is 1.41 bits per heavy atom. The summed E-state index contributed by atoms with van der Waals surface area (Å²) in [7, 11) is 1.72. The highest BCUT2D eigenvalue weighted by atomic mass is 16.7. The molecule has 3 rings (SSSR count). The van der Waals surface area contributed by atoms with E-state index in [-0.39, 0.29) is 0 Å². The Morgan fingerprint density at radius 2 is 2.35 bits per heavy atom. The molecule has 0 spiro atoms. The minimum atomic E-state index is 0.349. The van der Waals surface area contributed by atoms with Crippen molar-refractivity contribution in [3.63, 3.8) is 0 Å². The molecule has 1 fully saturated rings. The molecular formula is C13H17NO3. The fourth-order valence-electron chi connectivity index (χ4n) is 2.54. The maximum Gasteiger partial charge on any atom is 0.189 e. The van der Waals surface area contributed by atoms with Gasteiger partial charge in [0.15, 0.2) is 6.79 Å². The molecule has 2 heterocycles. The first-order valence-electron chi connectivity index (χ1n) is 6.00. The van der Waals surface area contributed by atoms with Crippen molar-refractivity contribution in [2.24, 2.45) is 0 Å². The lowest BCUT2D eigenvalue weighted by Gasteiger charge is -2.22.